The second kappa shape index (κ2) is 4.70. The van der Waals surface area contributed by atoms with Gasteiger partial charge in [0.2, 0.25) is 0 Å². The smallest absolute Gasteiger partial charge is 0.259 e. The van der Waals surface area contributed by atoms with Crippen LogP contribution in [0.4, 0.5) is 8.78 Å². The first-order valence-corrected chi connectivity index (χ1v) is 5.17. The van der Waals surface area contributed by atoms with Crippen molar-refractivity contribution < 1.29 is 13.6 Å². The number of nitrogens with zero attached hydrogens (tertiary/aromatic N) is 1. The highest BCUT2D eigenvalue weighted by Crippen LogP contribution is 2.22. The predicted octanol–water partition coefficient (Wildman–Crippen LogP) is 2.82. The van der Waals surface area contributed by atoms with Crippen LogP contribution in [-0.2, 0) is 0 Å². The highest BCUT2D eigenvalue weighted by molar-refractivity contribution is 9.10. The van der Waals surface area contributed by atoms with E-state index < -0.39 is 23.1 Å². The van der Waals surface area contributed by atoms with Crippen LogP contribution >= 0.6 is 15.9 Å². The van der Waals surface area contributed by atoms with E-state index in [9.17, 15) is 13.6 Å². The third kappa shape index (κ3) is 2.34. The van der Waals surface area contributed by atoms with E-state index in [1.807, 2.05) is 0 Å². The van der Waals surface area contributed by atoms with Crippen molar-refractivity contribution in [2.75, 3.05) is 13.6 Å². The summed E-state index contributed by atoms with van der Waals surface area (Å²) in [4.78, 5) is 12.8. The van der Waals surface area contributed by atoms with Gasteiger partial charge in [0.05, 0.1) is 4.47 Å². The molecule has 0 saturated carbocycles. The minimum atomic E-state index is -0.861. The third-order valence-electron chi connectivity index (χ3n) is 2.08. The lowest BCUT2D eigenvalue weighted by molar-refractivity contribution is 0.0792. The van der Waals surface area contributed by atoms with Crippen molar-refractivity contribution in [1.82, 2.24) is 4.90 Å². The number of carbonyl (C=O) groups is 1. The highest BCUT2D eigenvalue weighted by Gasteiger charge is 2.21. The van der Waals surface area contributed by atoms with Crippen molar-refractivity contribution in [2.24, 2.45) is 0 Å². The molecule has 0 aliphatic rings. The summed E-state index contributed by atoms with van der Waals surface area (Å²) in [5.74, 6) is -2.37. The van der Waals surface area contributed by atoms with Gasteiger partial charge in [-0.15, -0.1) is 0 Å². The molecule has 0 aromatic heterocycles. The molecule has 0 aliphatic heterocycles. The molecule has 82 valence electrons. The molecule has 0 unspecified atom stereocenters. The molecule has 0 fully saturated rings. The van der Waals surface area contributed by atoms with Crippen LogP contribution in [0.1, 0.15) is 17.3 Å². The summed E-state index contributed by atoms with van der Waals surface area (Å²) in [5, 5.41) is 0. The molecule has 0 aliphatic carbocycles. The number of carbonyl (C=O) groups excluding carboxylic acids is 1. The lowest BCUT2D eigenvalue weighted by Crippen LogP contribution is -2.28. The van der Waals surface area contributed by atoms with E-state index in [2.05, 4.69) is 15.9 Å². The first kappa shape index (κ1) is 12.1. The maximum atomic E-state index is 13.5. The van der Waals surface area contributed by atoms with Gasteiger partial charge in [0.25, 0.3) is 5.91 Å². The summed E-state index contributed by atoms with van der Waals surface area (Å²) in [6, 6.07) is 2.29. The van der Waals surface area contributed by atoms with Gasteiger partial charge in [-0.1, -0.05) is 0 Å². The van der Waals surface area contributed by atoms with E-state index in [-0.39, 0.29) is 4.47 Å². The number of hydrogen-bond donors (Lipinski definition) is 0. The lowest BCUT2D eigenvalue weighted by atomic mass is 10.1. The van der Waals surface area contributed by atoms with E-state index in [1.54, 1.807) is 6.92 Å². The fourth-order valence-electron chi connectivity index (χ4n) is 1.06. The fourth-order valence-corrected chi connectivity index (χ4v) is 1.39. The van der Waals surface area contributed by atoms with Crippen molar-refractivity contribution in [3.8, 4) is 0 Å². The Hall–Kier alpha value is -0.970. The maximum absolute atomic E-state index is 13.5. The van der Waals surface area contributed by atoms with Gasteiger partial charge in [0, 0.05) is 13.6 Å². The Morgan fingerprint density at radius 1 is 1.47 bits per heavy atom. The second-order valence-corrected chi connectivity index (χ2v) is 3.89. The van der Waals surface area contributed by atoms with E-state index in [0.717, 1.165) is 6.07 Å². The zero-order valence-corrected chi connectivity index (χ0v) is 9.94. The molecule has 0 N–H and O–H groups in total. The summed E-state index contributed by atoms with van der Waals surface area (Å²) < 4.78 is 26.8. The highest BCUT2D eigenvalue weighted by atomic mass is 79.9. The van der Waals surface area contributed by atoms with Crippen molar-refractivity contribution in [3.63, 3.8) is 0 Å². The molecule has 2 nitrogen and oxygen atoms in total. The zero-order chi connectivity index (χ0) is 11.6. The molecule has 0 radical (unpaired) electrons. The number of benzene rings is 1. The zero-order valence-electron chi connectivity index (χ0n) is 8.35. The van der Waals surface area contributed by atoms with Crippen LogP contribution in [0, 0.1) is 11.6 Å². The van der Waals surface area contributed by atoms with Crippen molar-refractivity contribution in [3.05, 3.63) is 33.8 Å². The van der Waals surface area contributed by atoms with Gasteiger partial charge < -0.3 is 4.90 Å². The number of hydrogen-bond acceptors (Lipinski definition) is 1. The van der Waals surface area contributed by atoms with E-state index in [1.165, 1.54) is 18.0 Å². The Bertz CT molecular complexity index is 395. The Morgan fingerprint density at radius 3 is 2.60 bits per heavy atom. The van der Waals surface area contributed by atoms with Gasteiger partial charge >= 0.3 is 0 Å². The Balaban J connectivity index is 3.24. The quantitative estimate of drug-likeness (QED) is 0.762. The van der Waals surface area contributed by atoms with Gasteiger partial charge in [-0.2, -0.15) is 0 Å². The summed E-state index contributed by atoms with van der Waals surface area (Å²) in [7, 11) is 1.49. The molecule has 1 amide bonds. The largest absolute Gasteiger partial charge is 0.342 e. The van der Waals surface area contributed by atoms with Crippen molar-refractivity contribution >= 4 is 21.8 Å². The molecular weight excluding hydrogens is 268 g/mol. The van der Waals surface area contributed by atoms with E-state index in [4.69, 9.17) is 0 Å². The summed E-state index contributed by atoms with van der Waals surface area (Å²) in [6.45, 7) is 2.12. The molecular formula is C10H10BrF2NO. The van der Waals surface area contributed by atoms with Crippen molar-refractivity contribution in [1.29, 1.82) is 0 Å². The number of amides is 1. The Kier molecular flexibility index (Phi) is 3.79. The van der Waals surface area contributed by atoms with Gasteiger partial charge in [0.1, 0.15) is 11.4 Å². The summed E-state index contributed by atoms with van der Waals surface area (Å²) in [6.07, 6.45) is 0. The third-order valence-corrected chi connectivity index (χ3v) is 2.69. The molecule has 15 heavy (non-hydrogen) atoms. The van der Waals surface area contributed by atoms with Crippen LogP contribution in [0.25, 0.3) is 0 Å². The maximum Gasteiger partial charge on any atom is 0.259 e. The summed E-state index contributed by atoms with van der Waals surface area (Å²) >= 11 is 2.91. The fraction of sp³-hybridized carbons (Fsp3) is 0.300. The molecule has 0 saturated heterocycles. The minimum Gasteiger partial charge on any atom is -0.342 e. The molecule has 1 aromatic carbocycles. The van der Waals surface area contributed by atoms with Crippen LogP contribution < -0.4 is 0 Å². The van der Waals surface area contributed by atoms with E-state index >= 15 is 0 Å². The Labute approximate surface area is 95.0 Å². The average molecular weight is 278 g/mol. The molecule has 1 aromatic rings. The monoisotopic (exact) mass is 277 g/mol. The van der Waals surface area contributed by atoms with E-state index in [0.29, 0.717) is 6.54 Å². The average Bonchev–Trinajstić information content (AvgIpc) is 2.22. The first-order chi connectivity index (χ1) is 6.99. The van der Waals surface area contributed by atoms with Crippen molar-refractivity contribution in [2.45, 2.75) is 6.92 Å². The summed E-state index contributed by atoms with van der Waals surface area (Å²) in [5.41, 5.74) is -0.520. The normalized spacial score (nSPS) is 10.2. The van der Waals surface area contributed by atoms with Gasteiger partial charge in [-0.3, -0.25) is 4.79 Å². The molecule has 0 heterocycles. The first-order valence-electron chi connectivity index (χ1n) is 4.38. The Morgan fingerprint density at radius 2 is 2.07 bits per heavy atom. The van der Waals surface area contributed by atoms with Gasteiger partial charge in [-0.05, 0) is 35.0 Å². The van der Waals surface area contributed by atoms with Crippen LogP contribution in [0.2, 0.25) is 0 Å². The van der Waals surface area contributed by atoms with Gasteiger partial charge in [-0.25, -0.2) is 8.78 Å². The topological polar surface area (TPSA) is 20.3 Å². The second-order valence-electron chi connectivity index (χ2n) is 3.04. The van der Waals surface area contributed by atoms with Crippen LogP contribution in [0.15, 0.2) is 16.6 Å². The number of rotatable bonds is 2. The molecule has 5 heteroatoms. The molecule has 0 spiro atoms. The van der Waals surface area contributed by atoms with Crippen LogP contribution in [-0.4, -0.2) is 24.4 Å². The minimum absolute atomic E-state index is 0.0803. The van der Waals surface area contributed by atoms with Crippen LogP contribution in [0.5, 0.6) is 0 Å². The standard InChI is InChI=1S/C10H10BrF2NO/c1-3-14(2)10(15)8-7(12)5-4-6(11)9(8)13/h4-5H,3H2,1-2H3. The molecule has 1 rings (SSSR count). The SMILES string of the molecule is CCN(C)C(=O)c1c(F)ccc(Br)c1F. The number of halogens is 3. The van der Waals surface area contributed by atoms with Gasteiger partial charge in [0.15, 0.2) is 5.82 Å². The molecule has 0 atom stereocenters. The predicted molar refractivity (Wildman–Crippen MR) is 56.7 cm³/mol. The molecule has 0 bridgehead atoms. The lowest BCUT2D eigenvalue weighted by Gasteiger charge is -2.15. The van der Waals surface area contributed by atoms with Crippen LogP contribution in [0.3, 0.4) is 0 Å².